The summed E-state index contributed by atoms with van der Waals surface area (Å²) >= 11 is 12.0. The highest BCUT2D eigenvalue weighted by Crippen LogP contribution is 2.36. The van der Waals surface area contributed by atoms with Gasteiger partial charge < -0.3 is 9.84 Å². The van der Waals surface area contributed by atoms with Crippen molar-refractivity contribution in [3.8, 4) is 0 Å². The van der Waals surface area contributed by atoms with Gasteiger partial charge in [0.1, 0.15) is 0 Å². The fourth-order valence-corrected chi connectivity index (χ4v) is 1.98. The molecule has 0 aromatic carbocycles. The van der Waals surface area contributed by atoms with E-state index in [0.717, 1.165) is 0 Å². The van der Waals surface area contributed by atoms with Crippen molar-refractivity contribution in [1.82, 2.24) is 0 Å². The number of hydrogen-bond donors (Lipinski definition) is 1. The average Bonchev–Trinajstić information content (AvgIpc) is 2.34. The molecule has 0 radical (unpaired) electrons. The largest absolute Gasteiger partial charge is 0.480 e. The highest BCUT2D eigenvalue weighted by atomic mass is 35.5. The minimum Gasteiger partial charge on any atom is -0.480 e. The Hall–Kier alpha value is -0.480. The Kier molecular flexibility index (Phi) is 7.00. The molecule has 0 aliphatic rings. The Morgan fingerprint density at radius 1 is 1.28 bits per heavy atom. The molecule has 0 aliphatic carbocycles. The Balaban J connectivity index is 5.21. The summed E-state index contributed by atoms with van der Waals surface area (Å²) in [6.45, 7) is 7.06. The number of aliphatic carboxylic acids is 1. The zero-order valence-electron chi connectivity index (χ0n) is 11.1. The second-order valence-electron chi connectivity index (χ2n) is 4.40. The highest BCUT2D eigenvalue weighted by molar-refractivity contribution is 6.45. The van der Waals surface area contributed by atoms with E-state index in [9.17, 15) is 9.59 Å². The van der Waals surface area contributed by atoms with E-state index in [2.05, 4.69) is 0 Å². The maximum absolute atomic E-state index is 12.1. The van der Waals surface area contributed by atoms with E-state index in [1.807, 2.05) is 13.8 Å². The van der Waals surface area contributed by atoms with Crippen molar-refractivity contribution in [1.29, 1.82) is 0 Å². The van der Waals surface area contributed by atoms with Crippen molar-refractivity contribution in [2.45, 2.75) is 56.9 Å². The number of carboxylic acid groups (broad SMARTS) is 1. The van der Waals surface area contributed by atoms with Crippen molar-refractivity contribution < 1.29 is 19.4 Å². The molecule has 6 heteroatoms. The summed E-state index contributed by atoms with van der Waals surface area (Å²) in [5.41, 5.74) is 0. The smallest absolute Gasteiger partial charge is 0.329 e. The van der Waals surface area contributed by atoms with Crippen LogP contribution < -0.4 is 0 Å². The minimum atomic E-state index is -1.74. The minimum absolute atomic E-state index is 0.322. The summed E-state index contributed by atoms with van der Waals surface area (Å²) in [6.07, 6.45) is 0.826. The van der Waals surface area contributed by atoms with Crippen LogP contribution in [-0.2, 0) is 14.3 Å². The van der Waals surface area contributed by atoms with Gasteiger partial charge in [-0.05, 0) is 19.3 Å². The van der Waals surface area contributed by atoms with Gasteiger partial charge in [-0.3, -0.25) is 9.59 Å². The molecule has 0 amide bonds. The third kappa shape index (κ3) is 3.75. The van der Waals surface area contributed by atoms with Crippen molar-refractivity contribution in [3.63, 3.8) is 0 Å². The van der Waals surface area contributed by atoms with Gasteiger partial charge in [0.2, 0.25) is 0 Å². The van der Waals surface area contributed by atoms with Crippen molar-refractivity contribution in [3.05, 3.63) is 0 Å². The fourth-order valence-electron chi connectivity index (χ4n) is 1.39. The summed E-state index contributed by atoms with van der Waals surface area (Å²) in [4.78, 5) is 21.3. The maximum atomic E-state index is 12.1. The standard InChI is InChI=1S/C12H20Cl2O4/c1-5-7(3)12(14,9(13)10(15)16)11(17)18-8(4)6-2/h7-9H,5-6H2,1-4H3,(H,15,16). The van der Waals surface area contributed by atoms with Crippen LogP contribution in [0.4, 0.5) is 0 Å². The van der Waals surface area contributed by atoms with E-state index in [0.29, 0.717) is 12.8 Å². The molecule has 0 aromatic heterocycles. The third-order valence-corrected chi connectivity index (χ3v) is 4.50. The zero-order chi connectivity index (χ0) is 14.5. The first-order chi connectivity index (χ1) is 8.21. The number of rotatable bonds is 7. The molecule has 18 heavy (non-hydrogen) atoms. The number of ether oxygens (including phenoxy) is 1. The van der Waals surface area contributed by atoms with Crippen LogP contribution in [0.1, 0.15) is 40.5 Å². The van der Waals surface area contributed by atoms with Crippen molar-refractivity contribution in [2.24, 2.45) is 5.92 Å². The topological polar surface area (TPSA) is 63.6 Å². The van der Waals surface area contributed by atoms with E-state index in [1.54, 1.807) is 13.8 Å². The van der Waals surface area contributed by atoms with Gasteiger partial charge in [0, 0.05) is 0 Å². The zero-order valence-corrected chi connectivity index (χ0v) is 12.6. The first kappa shape index (κ1) is 17.5. The molecule has 1 N–H and O–H groups in total. The van der Waals surface area contributed by atoms with Gasteiger partial charge >= 0.3 is 11.9 Å². The summed E-state index contributed by atoms with van der Waals surface area (Å²) in [6, 6.07) is 0. The van der Waals surface area contributed by atoms with E-state index in [1.165, 1.54) is 0 Å². The quantitative estimate of drug-likeness (QED) is 0.579. The van der Waals surface area contributed by atoms with Crippen LogP contribution in [0.3, 0.4) is 0 Å². The predicted octanol–water partition coefficient (Wildman–Crippen LogP) is 3.04. The summed E-state index contributed by atoms with van der Waals surface area (Å²) in [5.74, 6) is -2.50. The molecule has 0 rings (SSSR count). The van der Waals surface area contributed by atoms with Crippen molar-refractivity contribution in [2.75, 3.05) is 0 Å². The van der Waals surface area contributed by atoms with Crippen LogP contribution >= 0.6 is 23.2 Å². The molecule has 106 valence electrons. The lowest BCUT2D eigenvalue weighted by molar-refractivity contribution is -0.156. The summed E-state index contributed by atoms with van der Waals surface area (Å²) < 4.78 is 5.14. The second kappa shape index (κ2) is 7.19. The number of carboxylic acids is 1. The van der Waals surface area contributed by atoms with E-state index in [4.69, 9.17) is 33.0 Å². The van der Waals surface area contributed by atoms with E-state index in [-0.39, 0.29) is 6.10 Å². The monoisotopic (exact) mass is 298 g/mol. The average molecular weight is 299 g/mol. The summed E-state index contributed by atoms with van der Waals surface area (Å²) in [7, 11) is 0. The number of hydrogen-bond acceptors (Lipinski definition) is 3. The first-order valence-corrected chi connectivity index (χ1v) is 6.79. The Morgan fingerprint density at radius 2 is 1.78 bits per heavy atom. The highest BCUT2D eigenvalue weighted by Gasteiger charge is 2.52. The molecule has 0 bridgehead atoms. The van der Waals surface area contributed by atoms with Gasteiger partial charge in [0.25, 0.3) is 0 Å². The number of carbonyl (C=O) groups is 2. The lowest BCUT2D eigenvalue weighted by Crippen LogP contribution is -2.52. The molecular weight excluding hydrogens is 279 g/mol. The van der Waals surface area contributed by atoms with Gasteiger partial charge in [-0.2, -0.15) is 0 Å². The molecule has 0 fully saturated rings. The van der Waals surface area contributed by atoms with Crippen LogP contribution in [0.25, 0.3) is 0 Å². The molecular formula is C12H20Cl2O4. The molecule has 0 heterocycles. The molecule has 0 aromatic rings. The number of esters is 1. The Morgan fingerprint density at radius 3 is 2.11 bits per heavy atom. The molecule has 4 unspecified atom stereocenters. The van der Waals surface area contributed by atoms with E-state index >= 15 is 0 Å². The third-order valence-electron chi connectivity index (χ3n) is 3.11. The van der Waals surface area contributed by atoms with Crippen LogP contribution in [0.2, 0.25) is 0 Å². The normalized spacial score (nSPS) is 19.4. The molecule has 4 atom stereocenters. The Bertz CT molecular complexity index is 308. The molecule has 0 aliphatic heterocycles. The lowest BCUT2D eigenvalue weighted by atomic mass is 9.87. The lowest BCUT2D eigenvalue weighted by Gasteiger charge is -2.33. The maximum Gasteiger partial charge on any atom is 0.329 e. The van der Waals surface area contributed by atoms with E-state index < -0.39 is 28.1 Å². The molecule has 4 nitrogen and oxygen atoms in total. The van der Waals surface area contributed by atoms with Crippen molar-refractivity contribution >= 4 is 35.1 Å². The molecule has 0 spiro atoms. The van der Waals surface area contributed by atoms with Gasteiger partial charge in [-0.1, -0.05) is 27.2 Å². The second-order valence-corrected chi connectivity index (χ2v) is 5.46. The summed E-state index contributed by atoms with van der Waals surface area (Å²) in [5, 5.41) is 7.46. The molecule has 0 saturated heterocycles. The van der Waals surface area contributed by atoms with Crippen LogP contribution in [-0.4, -0.2) is 33.4 Å². The number of carbonyl (C=O) groups excluding carboxylic acids is 1. The number of halogens is 2. The van der Waals surface area contributed by atoms with Crippen LogP contribution in [0.15, 0.2) is 0 Å². The Labute approximate surface area is 118 Å². The SMILES string of the molecule is CCC(C)OC(=O)C(Cl)(C(C)CC)C(Cl)C(=O)O. The predicted molar refractivity (Wildman–Crippen MR) is 71.2 cm³/mol. The van der Waals surface area contributed by atoms with Gasteiger partial charge in [0.05, 0.1) is 6.10 Å². The van der Waals surface area contributed by atoms with Crippen LogP contribution in [0, 0.1) is 5.92 Å². The fraction of sp³-hybridized carbons (Fsp3) is 0.833. The van der Waals surface area contributed by atoms with Gasteiger partial charge in [-0.25, -0.2) is 0 Å². The van der Waals surface area contributed by atoms with Crippen LogP contribution in [0.5, 0.6) is 0 Å². The van der Waals surface area contributed by atoms with Gasteiger partial charge in [0.15, 0.2) is 10.3 Å². The van der Waals surface area contributed by atoms with Gasteiger partial charge in [-0.15, -0.1) is 23.2 Å². The number of alkyl halides is 2. The first-order valence-electron chi connectivity index (χ1n) is 5.98. The molecule has 0 saturated carbocycles.